The molecular formula is C19H27N3O6. The number of carbonyl (C=O) groups excluding carboxylic acids is 2. The largest absolute Gasteiger partial charge is 0.462 e. The highest BCUT2D eigenvalue weighted by molar-refractivity contribution is 5.74. The van der Waals surface area contributed by atoms with E-state index < -0.39 is 41.0 Å². The summed E-state index contributed by atoms with van der Waals surface area (Å²) < 4.78 is 12.3. The van der Waals surface area contributed by atoms with Gasteiger partial charge in [0.15, 0.2) is 6.23 Å². The van der Waals surface area contributed by atoms with E-state index in [-0.39, 0.29) is 12.5 Å². The first-order chi connectivity index (χ1) is 13.0. The third kappa shape index (κ3) is 5.66. The smallest absolute Gasteiger partial charge is 0.330 e. The van der Waals surface area contributed by atoms with Crippen LogP contribution in [0.15, 0.2) is 27.9 Å². The number of ether oxygens (including phenoxy) is 2. The topological polar surface area (TPSA) is 119 Å². The van der Waals surface area contributed by atoms with Gasteiger partial charge < -0.3 is 14.8 Å². The van der Waals surface area contributed by atoms with Gasteiger partial charge in [0.05, 0.1) is 5.92 Å². The molecule has 0 aromatic carbocycles. The Morgan fingerprint density at radius 3 is 2.68 bits per heavy atom. The quantitative estimate of drug-likeness (QED) is 0.522. The van der Waals surface area contributed by atoms with Crippen LogP contribution in [-0.2, 0) is 19.1 Å². The summed E-state index contributed by atoms with van der Waals surface area (Å²) in [5, 5.41) is 2.80. The summed E-state index contributed by atoms with van der Waals surface area (Å²) in [6.07, 6.45) is 4.06. The van der Waals surface area contributed by atoms with Crippen LogP contribution in [0.2, 0.25) is 0 Å². The number of esters is 1. The summed E-state index contributed by atoms with van der Waals surface area (Å²) in [6, 6.07) is 0. The number of carbonyl (C=O) groups is 2. The second-order valence-electron chi connectivity index (χ2n) is 7.73. The average Bonchev–Trinajstić information content (AvgIpc) is 3.02. The highest BCUT2D eigenvalue weighted by atomic mass is 16.6. The maximum Gasteiger partial charge on any atom is 0.330 e. The molecule has 0 saturated heterocycles. The van der Waals surface area contributed by atoms with Crippen LogP contribution in [0.3, 0.4) is 0 Å². The molecule has 1 amide bonds. The molecule has 1 aromatic rings. The van der Waals surface area contributed by atoms with Gasteiger partial charge in [0.2, 0.25) is 5.91 Å². The monoisotopic (exact) mass is 393 g/mol. The van der Waals surface area contributed by atoms with Crippen LogP contribution >= 0.6 is 0 Å². The minimum atomic E-state index is -0.678. The van der Waals surface area contributed by atoms with Gasteiger partial charge in [0, 0.05) is 24.2 Å². The van der Waals surface area contributed by atoms with Crippen molar-refractivity contribution < 1.29 is 19.1 Å². The first-order valence-corrected chi connectivity index (χ1v) is 9.10. The summed E-state index contributed by atoms with van der Waals surface area (Å²) in [5.41, 5.74) is -1.15. The van der Waals surface area contributed by atoms with Gasteiger partial charge in [-0.3, -0.25) is 23.9 Å². The Balaban J connectivity index is 1.88. The number of aromatic nitrogens is 2. The lowest BCUT2D eigenvalue weighted by atomic mass is 9.91. The number of nitrogens with one attached hydrogen (secondary N) is 2. The Hall–Kier alpha value is -2.68. The van der Waals surface area contributed by atoms with E-state index in [0.717, 1.165) is 0 Å². The number of aromatic amines is 1. The summed E-state index contributed by atoms with van der Waals surface area (Å²) in [6.45, 7) is 8.46. The molecule has 1 unspecified atom stereocenters. The van der Waals surface area contributed by atoms with Crippen LogP contribution < -0.4 is 16.6 Å². The van der Waals surface area contributed by atoms with Gasteiger partial charge in [-0.15, -0.1) is 0 Å². The third-order valence-electron chi connectivity index (χ3n) is 4.35. The van der Waals surface area contributed by atoms with Crippen molar-refractivity contribution in [1.82, 2.24) is 14.9 Å². The highest BCUT2D eigenvalue weighted by Crippen LogP contribution is 2.21. The highest BCUT2D eigenvalue weighted by Gasteiger charge is 2.28. The first kappa shape index (κ1) is 21.6. The second-order valence-corrected chi connectivity index (χ2v) is 7.73. The summed E-state index contributed by atoms with van der Waals surface area (Å²) in [7, 11) is 0. The van der Waals surface area contributed by atoms with Crippen LogP contribution in [0.1, 0.15) is 45.9 Å². The number of H-pyrrole nitrogens is 1. The predicted molar refractivity (Wildman–Crippen MR) is 102 cm³/mol. The van der Waals surface area contributed by atoms with Crippen molar-refractivity contribution in [2.75, 3.05) is 6.61 Å². The lowest BCUT2D eigenvalue weighted by Gasteiger charge is -2.28. The molecule has 0 aliphatic carbocycles. The minimum Gasteiger partial charge on any atom is -0.462 e. The van der Waals surface area contributed by atoms with E-state index in [4.69, 9.17) is 9.47 Å². The fraction of sp³-hybridized carbons (Fsp3) is 0.579. The molecule has 2 N–H and O–H groups in total. The van der Waals surface area contributed by atoms with Crippen molar-refractivity contribution in [3.63, 3.8) is 0 Å². The van der Waals surface area contributed by atoms with E-state index in [1.807, 2.05) is 13.8 Å². The molecule has 1 aromatic heterocycles. The van der Waals surface area contributed by atoms with Gasteiger partial charge in [0.25, 0.3) is 5.56 Å². The van der Waals surface area contributed by atoms with Gasteiger partial charge in [-0.25, -0.2) is 4.79 Å². The number of hydrogen-bond acceptors (Lipinski definition) is 6. The Labute approximate surface area is 162 Å². The Morgan fingerprint density at radius 2 is 2.04 bits per heavy atom. The lowest BCUT2D eigenvalue weighted by molar-refractivity contribution is -0.153. The molecule has 28 heavy (non-hydrogen) atoms. The molecule has 1 aliphatic rings. The van der Waals surface area contributed by atoms with Crippen molar-refractivity contribution in [2.24, 2.45) is 5.92 Å². The molecule has 0 spiro atoms. The van der Waals surface area contributed by atoms with Gasteiger partial charge in [0.1, 0.15) is 12.7 Å². The zero-order valence-corrected chi connectivity index (χ0v) is 16.8. The molecule has 9 heteroatoms. The van der Waals surface area contributed by atoms with Crippen LogP contribution in [-0.4, -0.2) is 39.7 Å². The van der Waals surface area contributed by atoms with E-state index in [9.17, 15) is 19.2 Å². The van der Waals surface area contributed by atoms with E-state index in [0.29, 0.717) is 12.0 Å². The SMILES string of the molecule is CC(=O)NC(C)(C)CC(C)C(=O)OC[C@@H]1C=C[C@H](n2cc(C)c(=O)[nH]c2=O)O1. The van der Waals surface area contributed by atoms with Crippen molar-refractivity contribution in [2.45, 2.75) is 58.9 Å². The summed E-state index contributed by atoms with van der Waals surface area (Å²) in [5.74, 6) is -0.961. The normalized spacial score (nSPS) is 20.0. The van der Waals surface area contributed by atoms with Crippen LogP contribution in [0.25, 0.3) is 0 Å². The molecule has 0 saturated carbocycles. The first-order valence-electron chi connectivity index (χ1n) is 9.10. The summed E-state index contributed by atoms with van der Waals surface area (Å²) in [4.78, 5) is 49.1. The zero-order chi connectivity index (χ0) is 21.1. The number of amides is 1. The number of nitrogens with zero attached hydrogens (tertiary/aromatic N) is 1. The number of rotatable bonds is 7. The van der Waals surface area contributed by atoms with Crippen LogP contribution in [0, 0.1) is 12.8 Å². The number of hydrogen-bond donors (Lipinski definition) is 2. The maximum atomic E-state index is 12.2. The Bertz CT molecular complexity index is 882. The van der Waals surface area contributed by atoms with Crippen LogP contribution in [0.5, 0.6) is 0 Å². The molecule has 0 fully saturated rings. The third-order valence-corrected chi connectivity index (χ3v) is 4.35. The van der Waals surface area contributed by atoms with Crippen molar-refractivity contribution in [1.29, 1.82) is 0 Å². The Morgan fingerprint density at radius 1 is 1.36 bits per heavy atom. The number of aryl methyl sites for hydroxylation is 1. The van der Waals surface area contributed by atoms with E-state index in [2.05, 4.69) is 10.3 Å². The molecule has 1 aliphatic heterocycles. The van der Waals surface area contributed by atoms with E-state index in [1.165, 1.54) is 17.7 Å². The molecular weight excluding hydrogens is 366 g/mol. The predicted octanol–water partition coefficient (Wildman–Crippen LogP) is 0.783. The van der Waals surface area contributed by atoms with Gasteiger partial charge >= 0.3 is 11.7 Å². The zero-order valence-electron chi connectivity index (χ0n) is 16.8. The minimum absolute atomic E-state index is 0.00776. The molecule has 2 rings (SSSR count). The average molecular weight is 393 g/mol. The Kier molecular flexibility index (Phi) is 6.60. The molecule has 154 valence electrons. The summed E-state index contributed by atoms with van der Waals surface area (Å²) >= 11 is 0. The fourth-order valence-corrected chi connectivity index (χ4v) is 3.20. The van der Waals surface area contributed by atoms with E-state index >= 15 is 0 Å². The molecule has 0 radical (unpaired) electrons. The molecule has 3 atom stereocenters. The molecule has 2 heterocycles. The standard InChI is InChI=1S/C19H27N3O6/c1-11(8-19(4,5)21-13(3)23)17(25)27-10-14-6-7-15(28-14)22-9-12(2)16(24)20-18(22)26/h6-7,9,11,14-15H,8,10H2,1-5H3,(H,21,23)(H,20,24,26)/t11?,14-,15+/m0/s1. The van der Waals surface area contributed by atoms with E-state index in [1.54, 1.807) is 26.0 Å². The fourth-order valence-electron chi connectivity index (χ4n) is 3.20. The van der Waals surface area contributed by atoms with Gasteiger partial charge in [-0.05, 0) is 33.3 Å². The van der Waals surface area contributed by atoms with Crippen molar-refractivity contribution >= 4 is 11.9 Å². The van der Waals surface area contributed by atoms with Crippen LogP contribution in [0.4, 0.5) is 0 Å². The van der Waals surface area contributed by atoms with Gasteiger partial charge in [-0.1, -0.05) is 13.0 Å². The second kappa shape index (κ2) is 8.55. The maximum absolute atomic E-state index is 12.2. The molecule has 0 bridgehead atoms. The lowest BCUT2D eigenvalue weighted by Crippen LogP contribution is -2.44. The van der Waals surface area contributed by atoms with Crippen molar-refractivity contribution in [3.8, 4) is 0 Å². The molecule has 9 nitrogen and oxygen atoms in total. The van der Waals surface area contributed by atoms with Gasteiger partial charge in [-0.2, -0.15) is 0 Å². The van der Waals surface area contributed by atoms with Crippen molar-refractivity contribution in [3.05, 3.63) is 44.8 Å².